The second kappa shape index (κ2) is 7.07. The van der Waals surface area contributed by atoms with E-state index < -0.39 is 0 Å². The molecule has 2 aromatic heterocycles. The maximum Gasteiger partial charge on any atom is 0.340 e. The molecule has 1 aromatic carbocycles. The number of rotatable bonds is 4. The van der Waals surface area contributed by atoms with Crippen molar-refractivity contribution in [1.29, 1.82) is 0 Å². The third-order valence-corrected chi connectivity index (χ3v) is 5.21. The lowest BCUT2D eigenvalue weighted by Gasteiger charge is -2.33. The van der Waals surface area contributed by atoms with Gasteiger partial charge in [-0.25, -0.2) is 14.3 Å². The number of aromatic nitrogens is 5. The van der Waals surface area contributed by atoms with Crippen molar-refractivity contribution in [1.82, 2.24) is 30.2 Å². The largest absolute Gasteiger partial charge is 0.340 e. The smallest absolute Gasteiger partial charge is 0.337 e. The van der Waals surface area contributed by atoms with Gasteiger partial charge in [-0.05, 0) is 51.4 Å². The molecule has 1 saturated heterocycles. The van der Waals surface area contributed by atoms with Crippen molar-refractivity contribution in [2.45, 2.75) is 38.6 Å². The number of hydrogen-bond donors (Lipinski definition) is 2. The van der Waals surface area contributed by atoms with Crippen LogP contribution in [0.5, 0.6) is 0 Å². The number of hydrogen-bond acceptors (Lipinski definition) is 6. The van der Waals surface area contributed by atoms with E-state index in [2.05, 4.69) is 30.2 Å². The van der Waals surface area contributed by atoms with E-state index in [1.807, 2.05) is 6.92 Å². The van der Waals surface area contributed by atoms with Gasteiger partial charge in [0.25, 0.3) is 0 Å². The number of likely N-dealkylation sites (tertiary alicyclic amines) is 1. The molecule has 0 aliphatic carbocycles. The van der Waals surface area contributed by atoms with E-state index in [9.17, 15) is 9.18 Å². The third-order valence-electron chi connectivity index (χ3n) is 5.21. The number of piperidine rings is 1. The Labute approximate surface area is 154 Å². The van der Waals surface area contributed by atoms with Gasteiger partial charge in [0.1, 0.15) is 11.6 Å². The van der Waals surface area contributed by atoms with Gasteiger partial charge in [-0.2, -0.15) is 10.1 Å². The summed E-state index contributed by atoms with van der Waals surface area (Å²) in [6, 6.07) is 4.87. The summed E-state index contributed by atoms with van der Waals surface area (Å²) >= 11 is 0. The van der Waals surface area contributed by atoms with E-state index in [0.717, 1.165) is 25.9 Å². The van der Waals surface area contributed by atoms with Crippen LogP contribution in [0.3, 0.4) is 0 Å². The van der Waals surface area contributed by atoms with Crippen LogP contribution in [0.4, 0.5) is 4.39 Å². The number of aromatic amines is 2. The lowest BCUT2D eigenvalue weighted by Crippen LogP contribution is -2.35. The molecule has 3 heterocycles. The average molecular weight is 372 g/mol. The number of halogens is 1. The molecule has 1 aliphatic heterocycles. The molecule has 0 bridgehead atoms. The SMILES string of the molecule is Cc1ccc(-c2noc(C(C)N3CCC(c4n[nH]c(=O)[nH]4)CC3)n2)cc1F. The molecule has 0 spiro atoms. The molecule has 4 rings (SSSR count). The van der Waals surface area contributed by atoms with Crippen molar-refractivity contribution in [3.05, 3.63) is 51.8 Å². The van der Waals surface area contributed by atoms with Crippen LogP contribution in [-0.4, -0.2) is 43.3 Å². The first-order valence-corrected chi connectivity index (χ1v) is 9.00. The van der Waals surface area contributed by atoms with Gasteiger partial charge in [-0.1, -0.05) is 17.3 Å². The van der Waals surface area contributed by atoms with Crippen LogP contribution in [-0.2, 0) is 0 Å². The molecule has 3 aromatic rings. The maximum absolute atomic E-state index is 13.8. The molecule has 27 heavy (non-hydrogen) atoms. The number of nitrogens with one attached hydrogen (secondary N) is 2. The van der Waals surface area contributed by atoms with E-state index in [4.69, 9.17) is 4.52 Å². The summed E-state index contributed by atoms with van der Waals surface area (Å²) in [4.78, 5) is 20.7. The first-order valence-electron chi connectivity index (χ1n) is 9.00. The molecule has 1 unspecified atom stereocenters. The summed E-state index contributed by atoms with van der Waals surface area (Å²) in [5.41, 5.74) is 0.908. The molecule has 1 fully saturated rings. The maximum atomic E-state index is 13.8. The second-order valence-corrected chi connectivity index (χ2v) is 6.97. The van der Waals surface area contributed by atoms with Crippen molar-refractivity contribution in [2.24, 2.45) is 0 Å². The summed E-state index contributed by atoms with van der Waals surface area (Å²) < 4.78 is 19.2. The van der Waals surface area contributed by atoms with Crippen LogP contribution in [0.25, 0.3) is 11.4 Å². The summed E-state index contributed by atoms with van der Waals surface area (Å²) in [5, 5.41) is 10.5. The van der Waals surface area contributed by atoms with Gasteiger partial charge in [0, 0.05) is 11.5 Å². The van der Waals surface area contributed by atoms with E-state index >= 15 is 0 Å². The van der Waals surface area contributed by atoms with Gasteiger partial charge in [-0.15, -0.1) is 0 Å². The van der Waals surface area contributed by atoms with Gasteiger partial charge in [0.2, 0.25) is 11.7 Å². The highest BCUT2D eigenvalue weighted by Crippen LogP contribution is 2.30. The highest BCUT2D eigenvalue weighted by molar-refractivity contribution is 5.54. The zero-order chi connectivity index (χ0) is 19.0. The lowest BCUT2D eigenvalue weighted by atomic mass is 9.95. The van der Waals surface area contributed by atoms with Gasteiger partial charge >= 0.3 is 5.69 Å². The fourth-order valence-electron chi connectivity index (χ4n) is 3.45. The average Bonchev–Trinajstić information content (AvgIpc) is 3.33. The topological polar surface area (TPSA) is 104 Å². The molecule has 1 aliphatic rings. The number of H-pyrrole nitrogens is 2. The molecule has 8 nitrogen and oxygen atoms in total. The zero-order valence-electron chi connectivity index (χ0n) is 15.2. The van der Waals surface area contributed by atoms with Crippen molar-refractivity contribution in [3.63, 3.8) is 0 Å². The Hall–Kier alpha value is -2.81. The van der Waals surface area contributed by atoms with Gasteiger partial charge in [0.15, 0.2) is 0 Å². The number of aryl methyl sites for hydroxylation is 1. The van der Waals surface area contributed by atoms with E-state index in [0.29, 0.717) is 28.7 Å². The number of nitrogens with zero attached hydrogens (tertiary/aromatic N) is 4. The summed E-state index contributed by atoms with van der Waals surface area (Å²) in [7, 11) is 0. The summed E-state index contributed by atoms with van der Waals surface area (Å²) in [6.45, 7) is 5.39. The first-order chi connectivity index (χ1) is 13.0. The Bertz CT molecular complexity index is 986. The molecular weight excluding hydrogens is 351 g/mol. The monoisotopic (exact) mass is 372 g/mol. The van der Waals surface area contributed by atoms with Crippen LogP contribution in [0.1, 0.15) is 49.0 Å². The van der Waals surface area contributed by atoms with Crippen LogP contribution < -0.4 is 5.69 Å². The van der Waals surface area contributed by atoms with E-state index in [1.54, 1.807) is 19.1 Å². The van der Waals surface area contributed by atoms with Crippen molar-refractivity contribution in [3.8, 4) is 11.4 Å². The van der Waals surface area contributed by atoms with Crippen molar-refractivity contribution < 1.29 is 8.91 Å². The van der Waals surface area contributed by atoms with E-state index in [-0.39, 0.29) is 23.5 Å². The predicted molar refractivity (Wildman–Crippen MR) is 95.6 cm³/mol. The minimum absolute atomic E-state index is 0.0410. The van der Waals surface area contributed by atoms with Crippen molar-refractivity contribution >= 4 is 0 Å². The Balaban J connectivity index is 1.43. The van der Waals surface area contributed by atoms with Crippen LogP contribution in [0, 0.1) is 12.7 Å². The molecular formula is C18H21FN6O2. The van der Waals surface area contributed by atoms with Crippen LogP contribution in [0.2, 0.25) is 0 Å². The molecule has 0 radical (unpaired) electrons. The van der Waals surface area contributed by atoms with Gasteiger partial charge < -0.3 is 4.52 Å². The zero-order valence-corrected chi connectivity index (χ0v) is 15.2. The van der Waals surface area contributed by atoms with E-state index in [1.165, 1.54) is 6.07 Å². The molecule has 142 valence electrons. The Kier molecular flexibility index (Phi) is 4.61. The molecule has 0 amide bonds. The number of benzene rings is 1. The summed E-state index contributed by atoms with van der Waals surface area (Å²) in [5.74, 6) is 1.57. The first kappa shape index (κ1) is 17.6. The predicted octanol–water partition coefficient (Wildman–Crippen LogP) is 2.54. The summed E-state index contributed by atoms with van der Waals surface area (Å²) in [6.07, 6.45) is 1.77. The minimum Gasteiger partial charge on any atom is -0.337 e. The molecule has 0 saturated carbocycles. The molecule has 2 N–H and O–H groups in total. The highest BCUT2D eigenvalue weighted by atomic mass is 19.1. The quantitative estimate of drug-likeness (QED) is 0.729. The minimum atomic E-state index is -0.287. The molecule has 1 atom stereocenters. The fourth-order valence-corrected chi connectivity index (χ4v) is 3.45. The lowest BCUT2D eigenvalue weighted by molar-refractivity contribution is 0.135. The normalized spacial score (nSPS) is 17.3. The Morgan fingerprint density at radius 2 is 2.11 bits per heavy atom. The fraction of sp³-hybridized carbons (Fsp3) is 0.444. The van der Waals surface area contributed by atoms with Crippen LogP contribution in [0.15, 0.2) is 27.5 Å². The Morgan fingerprint density at radius 1 is 1.33 bits per heavy atom. The van der Waals surface area contributed by atoms with Crippen molar-refractivity contribution in [2.75, 3.05) is 13.1 Å². The Morgan fingerprint density at radius 3 is 2.78 bits per heavy atom. The third kappa shape index (κ3) is 3.55. The van der Waals surface area contributed by atoms with Gasteiger partial charge in [-0.3, -0.25) is 9.88 Å². The highest BCUT2D eigenvalue weighted by Gasteiger charge is 2.28. The standard InChI is InChI=1S/C18H21FN6O2/c1-10-3-4-13(9-14(10)19)16-20-17(27-24-16)11(2)25-7-5-12(6-8-25)15-21-18(26)23-22-15/h3-4,9,11-12H,5-8H2,1-2H3,(H2,21,22,23,26). The van der Waals surface area contributed by atoms with Crippen LogP contribution >= 0.6 is 0 Å². The molecule has 9 heteroatoms. The second-order valence-electron chi connectivity index (χ2n) is 6.97. The van der Waals surface area contributed by atoms with Gasteiger partial charge in [0.05, 0.1) is 6.04 Å².